The molecule has 0 aliphatic carbocycles. The molecule has 2 aromatic rings. The molecule has 1 amide bonds. The van der Waals surface area contributed by atoms with Gasteiger partial charge in [-0.2, -0.15) is 0 Å². The second-order valence-electron chi connectivity index (χ2n) is 6.02. The normalized spacial score (nSPS) is 12.4. The van der Waals surface area contributed by atoms with Crippen LogP contribution < -0.4 is 11.1 Å². The zero-order chi connectivity index (χ0) is 17.0. The first-order valence-electron chi connectivity index (χ1n) is 7.63. The zero-order valence-electron chi connectivity index (χ0n) is 13.6. The standard InChI is InChI=1S/C17H22FN3OS/c1-10(2)8-14(19)16(22)21-17-20-11(3)15(23-17)9-12-6-4-5-7-13(12)18/h4-7,10,14H,8-9,19H2,1-3H3,(H,20,21,22)/t14-/m0/s1. The van der Waals surface area contributed by atoms with Crippen molar-refractivity contribution in [3.63, 3.8) is 0 Å². The van der Waals surface area contributed by atoms with Gasteiger partial charge in [-0.3, -0.25) is 4.79 Å². The Labute approximate surface area is 139 Å². The number of anilines is 1. The number of amides is 1. The molecular weight excluding hydrogens is 313 g/mol. The summed E-state index contributed by atoms with van der Waals surface area (Å²) in [5, 5.41) is 3.27. The Balaban J connectivity index is 2.06. The van der Waals surface area contributed by atoms with E-state index in [1.54, 1.807) is 12.1 Å². The molecule has 23 heavy (non-hydrogen) atoms. The van der Waals surface area contributed by atoms with Crippen molar-refractivity contribution in [1.82, 2.24) is 4.98 Å². The van der Waals surface area contributed by atoms with Gasteiger partial charge in [0, 0.05) is 11.3 Å². The van der Waals surface area contributed by atoms with Crippen molar-refractivity contribution in [2.45, 2.75) is 39.7 Å². The van der Waals surface area contributed by atoms with Gasteiger partial charge in [-0.05, 0) is 30.9 Å². The van der Waals surface area contributed by atoms with Gasteiger partial charge in [0.1, 0.15) is 5.82 Å². The van der Waals surface area contributed by atoms with Gasteiger partial charge in [0.15, 0.2) is 5.13 Å². The molecule has 0 saturated carbocycles. The van der Waals surface area contributed by atoms with Crippen LogP contribution in [0.25, 0.3) is 0 Å². The molecular formula is C17H22FN3OS. The lowest BCUT2D eigenvalue weighted by atomic mass is 10.0. The Hall–Kier alpha value is -1.79. The van der Waals surface area contributed by atoms with Gasteiger partial charge in [-0.1, -0.05) is 32.0 Å². The summed E-state index contributed by atoms with van der Waals surface area (Å²) < 4.78 is 13.7. The molecule has 0 radical (unpaired) electrons. The molecule has 0 spiro atoms. The third-order valence-electron chi connectivity index (χ3n) is 3.49. The summed E-state index contributed by atoms with van der Waals surface area (Å²) >= 11 is 1.36. The van der Waals surface area contributed by atoms with Gasteiger partial charge in [-0.15, -0.1) is 11.3 Å². The van der Waals surface area contributed by atoms with Crippen LogP contribution in [0.15, 0.2) is 24.3 Å². The molecule has 0 aliphatic heterocycles. The number of carbonyl (C=O) groups is 1. The highest BCUT2D eigenvalue weighted by Crippen LogP contribution is 2.26. The molecule has 0 aliphatic rings. The Morgan fingerprint density at radius 2 is 2.09 bits per heavy atom. The van der Waals surface area contributed by atoms with E-state index in [0.717, 1.165) is 10.6 Å². The largest absolute Gasteiger partial charge is 0.320 e. The Kier molecular flexibility index (Phi) is 5.85. The summed E-state index contributed by atoms with van der Waals surface area (Å²) in [4.78, 5) is 17.3. The van der Waals surface area contributed by atoms with E-state index in [4.69, 9.17) is 5.73 Å². The molecule has 1 aromatic heterocycles. The molecule has 4 nitrogen and oxygen atoms in total. The highest BCUT2D eigenvalue weighted by molar-refractivity contribution is 7.15. The van der Waals surface area contributed by atoms with E-state index in [1.165, 1.54) is 17.4 Å². The summed E-state index contributed by atoms with van der Waals surface area (Å²) in [6.45, 7) is 5.90. The van der Waals surface area contributed by atoms with Crippen molar-refractivity contribution in [3.8, 4) is 0 Å². The van der Waals surface area contributed by atoms with E-state index >= 15 is 0 Å². The number of aryl methyl sites for hydroxylation is 1. The van der Waals surface area contributed by atoms with Crippen molar-refractivity contribution in [2.24, 2.45) is 11.7 Å². The second kappa shape index (κ2) is 7.66. The smallest absolute Gasteiger partial charge is 0.243 e. The van der Waals surface area contributed by atoms with E-state index in [-0.39, 0.29) is 11.7 Å². The van der Waals surface area contributed by atoms with Crippen LogP contribution in [0.4, 0.5) is 9.52 Å². The van der Waals surface area contributed by atoms with E-state index in [9.17, 15) is 9.18 Å². The van der Waals surface area contributed by atoms with E-state index < -0.39 is 6.04 Å². The molecule has 3 N–H and O–H groups in total. The topological polar surface area (TPSA) is 68.0 Å². The average Bonchev–Trinajstić information content (AvgIpc) is 2.80. The number of nitrogens with two attached hydrogens (primary N) is 1. The maximum absolute atomic E-state index is 13.7. The fourth-order valence-electron chi connectivity index (χ4n) is 2.27. The monoisotopic (exact) mass is 335 g/mol. The number of hydrogen-bond donors (Lipinski definition) is 2. The number of nitrogens with one attached hydrogen (secondary N) is 1. The molecule has 0 fully saturated rings. The number of rotatable bonds is 6. The van der Waals surface area contributed by atoms with Crippen molar-refractivity contribution in [3.05, 3.63) is 46.2 Å². The van der Waals surface area contributed by atoms with Crippen LogP contribution in [0.1, 0.15) is 36.4 Å². The van der Waals surface area contributed by atoms with Gasteiger partial charge in [0.05, 0.1) is 11.7 Å². The van der Waals surface area contributed by atoms with Gasteiger partial charge in [-0.25, -0.2) is 9.37 Å². The van der Waals surface area contributed by atoms with Crippen LogP contribution in [0.5, 0.6) is 0 Å². The number of thiazole rings is 1. The number of aromatic nitrogens is 1. The van der Waals surface area contributed by atoms with Crippen LogP contribution in [0.2, 0.25) is 0 Å². The predicted octanol–water partition coefficient (Wildman–Crippen LogP) is 3.49. The molecule has 0 unspecified atom stereocenters. The molecule has 0 bridgehead atoms. The van der Waals surface area contributed by atoms with Gasteiger partial charge in [0.2, 0.25) is 5.91 Å². The fourth-order valence-corrected chi connectivity index (χ4v) is 3.26. The minimum Gasteiger partial charge on any atom is -0.320 e. The van der Waals surface area contributed by atoms with Crippen LogP contribution in [-0.2, 0) is 11.2 Å². The first kappa shape index (κ1) is 17.6. The molecule has 0 saturated heterocycles. The Morgan fingerprint density at radius 3 is 2.74 bits per heavy atom. The van der Waals surface area contributed by atoms with Crippen molar-refractivity contribution < 1.29 is 9.18 Å². The SMILES string of the molecule is Cc1nc(NC(=O)[C@@H](N)CC(C)C)sc1Cc1ccccc1F. The number of carbonyl (C=O) groups excluding carboxylic acids is 1. The second-order valence-corrected chi connectivity index (χ2v) is 7.10. The number of halogens is 1. The maximum atomic E-state index is 13.7. The minimum atomic E-state index is -0.547. The first-order valence-corrected chi connectivity index (χ1v) is 8.44. The Bertz CT molecular complexity index is 684. The molecule has 1 atom stereocenters. The molecule has 6 heteroatoms. The number of nitrogens with zero attached hydrogens (tertiary/aromatic N) is 1. The van der Waals surface area contributed by atoms with E-state index in [0.29, 0.717) is 29.5 Å². The van der Waals surface area contributed by atoms with Crippen molar-refractivity contribution >= 4 is 22.4 Å². The zero-order valence-corrected chi connectivity index (χ0v) is 14.4. The molecule has 1 aromatic carbocycles. The number of hydrogen-bond acceptors (Lipinski definition) is 4. The fraction of sp³-hybridized carbons (Fsp3) is 0.412. The van der Waals surface area contributed by atoms with Crippen LogP contribution in [0, 0.1) is 18.7 Å². The van der Waals surface area contributed by atoms with E-state index in [1.807, 2.05) is 26.8 Å². The lowest BCUT2D eigenvalue weighted by Gasteiger charge is -2.12. The van der Waals surface area contributed by atoms with Gasteiger partial charge >= 0.3 is 0 Å². The summed E-state index contributed by atoms with van der Waals surface area (Å²) in [5.41, 5.74) is 7.29. The van der Waals surface area contributed by atoms with Crippen molar-refractivity contribution in [1.29, 1.82) is 0 Å². The van der Waals surface area contributed by atoms with Crippen LogP contribution in [-0.4, -0.2) is 16.9 Å². The lowest BCUT2D eigenvalue weighted by Crippen LogP contribution is -2.36. The summed E-state index contributed by atoms with van der Waals surface area (Å²) in [7, 11) is 0. The predicted molar refractivity (Wildman–Crippen MR) is 92.1 cm³/mol. The van der Waals surface area contributed by atoms with Crippen LogP contribution >= 0.6 is 11.3 Å². The third-order valence-corrected chi connectivity index (χ3v) is 4.57. The van der Waals surface area contributed by atoms with Gasteiger partial charge in [0.25, 0.3) is 0 Å². The quantitative estimate of drug-likeness (QED) is 0.849. The molecule has 2 rings (SSSR count). The summed E-state index contributed by atoms with van der Waals surface area (Å²) in [6, 6.07) is 6.13. The minimum absolute atomic E-state index is 0.232. The first-order chi connectivity index (χ1) is 10.9. The average molecular weight is 335 g/mol. The van der Waals surface area contributed by atoms with Crippen LogP contribution in [0.3, 0.4) is 0 Å². The Morgan fingerprint density at radius 1 is 1.39 bits per heavy atom. The lowest BCUT2D eigenvalue weighted by molar-refractivity contribution is -0.117. The van der Waals surface area contributed by atoms with Crippen molar-refractivity contribution in [2.75, 3.05) is 5.32 Å². The van der Waals surface area contributed by atoms with E-state index in [2.05, 4.69) is 10.3 Å². The highest BCUT2D eigenvalue weighted by atomic mass is 32.1. The van der Waals surface area contributed by atoms with Gasteiger partial charge < -0.3 is 11.1 Å². The summed E-state index contributed by atoms with van der Waals surface area (Å²) in [6.07, 6.45) is 1.09. The number of benzene rings is 1. The maximum Gasteiger partial charge on any atom is 0.243 e. The third kappa shape index (κ3) is 4.84. The molecule has 124 valence electrons. The summed E-state index contributed by atoms with van der Waals surface area (Å²) in [5.74, 6) is -0.111. The highest BCUT2D eigenvalue weighted by Gasteiger charge is 2.18. The molecule has 1 heterocycles.